The number of hydrogen-bond donors (Lipinski definition) is 1. The van der Waals surface area contributed by atoms with Crippen LogP contribution in [0.5, 0.6) is 0 Å². The Morgan fingerprint density at radius 2 is 1.88 bits per heavy atom. The average Bonchev–Trinajstić information content (AvgIpc) is 3.13. The van der Waals surface area contributed by atoms with Gasteiger partial charge in [0.2, 0.25) is 15.9 Å². The van der Waals surface area contributed by atoms with Crippen LogP contribution < -0.4 is 5.32 Å². The Bertz CT molecular complexity index is 897. The standard InChI is InChI=1S/C19H21ClN2O3S/c1-2-19(23)21-14-9-11-15(12-10-14)26(24,25)22-13-5-8-18(22)16-6-3-4-7-17(16)20/h3-4,6-7,9-12,18H,2,5,8,13H2,1H3,(H,21,23)/t18-/m0/s1. The summed E-state index contributed by atoms with van der Waals surface area (Å²) in [4.78, 5) is 11.7. The molecule has 2 aromatic rings. The molecule has 0 spiro atoms. The van der Waals surface area contributed by atoms with Crippen LogP contribution in [-0.2, 0) is 14.8 Å². The quantitative estimate of drug-likeness (QED) is 0.828. The Hall–Kier alpha value is -1.89. The van der Waals surface area contributed by atoms with Gasteiger partial charge in [-0.1, -0.05) is 36.7 Å². The summed E-state index contributed by atoms with van der Waals surface area (Å²) in [6.07, 6.45) is 1.90. The van der Waals surface area contributed by atoms with Crippen LogP contribution >= 0.6 is 11.6 Å². The molecule has 0 aliphatic carbocycles. The molecule has 1 aliphatic rings. The fraction of sp³-hybridized carbons (Fsp3) is 0.316. The summed E-state index contributed by atoms with van der Waals surface area (Å²) < 4.78 is 27.8. The van der Waals surface area contributed by atoms with Gasteiger partial charge < -0.3 is 5.32 Å². The van der Waals surface area contributed by atoms with Crippen molar-refractivity contribution in [1.82, 2.24) is 4.31 Å². The van der Waals surface area contributed by atoms with E-state index in [1.165, 1.54) is 16.4 Å². The van der Waals surface area contributed by atoms with E-state index >= 15 is 0 Å². The van der Waals surface area contributed by atoms with E-state index in [1.807, 2.05) is 18.2 Å². The second-order valence-corrected chi connectivity index (χ2v) is 8.52. The number of anilines is 1. The smallest absolute Gasteiger partial charge is 0.243 e. The molecule has 1 saturated heterocycles. The molecule has 5 nitrogen and oxygen atoms in total. The zero-order valence-corrected chi connectivity index (χ0v) is 16.1. The minimum atomic E-state index is -3.64. The number of rotatable bonds is 5. The van der Waals surface area contributed by atoms with Crippen LogP contribution in [0.3, 0.4) is 0 Å². The number of amides is 1. The molecule has 1 heterocycles. The molecular weight excluding hydrogens is 372 g/mol. The lowest BCUT2D eigenvalue weighted by Gasteiger charge is -2.25. The lowest BCUT2D eigenvalue weighted by atomic mass is 10.1. The molecule has 0 radical (unpaired) electrons. The molecule has 0 bridgehead atoms. The van der Waals surface area contributed by atoms with E-state index in [0.717, 1.165) is 18.4 Å². The highest BCUT2D eigenvalue weighted by atomic mass is 35.5. The highest BCUT2D eigenvalue weighted by molar-refractivity contribution is 7.89. The summed E-state index contributed by atoms with van der Waals surface area (Å²) in [6.45, 7) is 2.23. The van der Waals surface area contributed by atoms with Crippen molar-refractivity contribution in [2.75, 3.05) is 11.9 Å². The van der Waals surface area contributed by atoms with Crippen LogP contribution in [0.4, 0.5) is 5.69 Å². The van der Waals surface area contributed by atoms with Crippen LogP contribution in [0.2, 0.25) is 5.02 Å². The SMILES string of the molecule is CCC(=O)Nc1ccc(S(=O)(=O)N2CCC[C@H]2c2ccccc2Cl)cc1. The third kappa shape index (κ3) is 3.77. The topological polar surface area (TPSA) is 66.5 Å². The Balaban J connectivity index is 1.87. The highest BCUT2D eigenvalue weighted by Crippen LogP contribution is 2.39. The molecule has 0 unspecified atom stereocenters. The molecule has 7 heteroatoms. The van der Waals surface area contributed by atoms with Crippen LogP contribution in [0.25, 0.3) is 0 Å². The van der Waals surface area contributed by atoms with Crippen LogP contribution in [0.15, 0.2) is 53.4 Å². The van der Waals surface area contributed by atoms with Crippen molar-refractivity contribution in [3.63, 3.8) is 0 Å². The number of hydrogen-bond acceptors (Lipinski definition) is 3. The van der Waals surface area contributed by atoms with Crippen LogP contribution in [0.1, 0.15) is 37.8 Å². The van der Waals surface area contributed by atoms with Gasteiger partial charge in [0.15, 0.2) is 0 Å². The molecule has 138 valence electrons. The maximum Gasteiger partial charge on any atom is 0.243 e. The number of nitrogens with zero attached hydrogens (tertiary/aromatic N) is 1. The molecule has 0 aromatic heterocycles. The van der Waals surface area contributed by atoms with E-state index in [0.29, 0.717) is 23.7 Å². The maximum atomic E-state index is 13.1. The summed E-state index contributed by atoms with van der Waals surface area (Å²) in [5.41, 5.74) is 1.42. The van der Waals surface area contributed by atoms with Gasteiger partial charge in [-0.15, -0.1) is 0 Å². The third-order valence-corrected chi connectivity index (χ3v) is 6.80. The first-order valence-electron chi connectivity index (χ1n) is 8.59. The summed E-state index contributed by atoms with van der Waals surface area (Å²) in [7, 11) is -3.64. The predicted octanol–water partition coefficient (Wildman–Crippen LogP) is 4.21. The third-order valence-electron chi connectivity index (χ3n) is 4.53. The molecule has 1 amide bonds. The van der Waals surface area contributed by atoms with Gasteiger partial charge in [-0.2, -0.15) is 4.31 Å². The number of carbonyl (C=O) groups excluding carboxylic acids is 1. The summed E-state index contributed by atoms with van der Waals surface area (Å²) in [5.74, 6) is -0.112. The van der Waals surface area contributed by atoms with Crippen molar-refractivity contribution in [3.05, 3.63) is 59.1 Å². The molecule has 1 aliphatic heterocycles. The van der Waals surface area contributed by atoms with E-state index in [-0.39, 0.29) is 16.8 Å². The minimum absolute atomic E-state index is 0.112. The van der Waals surface area contributed by atoms with Crippen molar-refractivity contribution in [3.8, 4) is 0 Å². The maximum absolute atomic E-state index is 13.1. The first kappa shape index (κ1) is 18.9. The zero-order valence-electron chi connectivity index (χ0n) is 14.5. The molecule has 0 saturated carbocycles. The van der Waals surface area contributed by atoms with Crippen molar-refractivity contribution in [2.45, 2.75) is 37.1 Å². The average molecular weight is 393 g/mol. The second kappa shape index (κ2) is 7.78. The fourth-order valence-electron chi connectivity index (χ4n) is 3.18. The van der Waals surface area contributed by atoms with E-state index in [1.54, 1.807) is 25.1 Å². The minimum Gasteiger partial charge on any atom is -0.326 e. The Kier molecular flexibility index (Phi) is 5.65. The van der Waals surface area contributed by atoms with Gasteiger partial charge in [-0.05, 0) is 48.7 Å². The summed E-state index contributed by atoms with van der Waals surface area (Å²) in [6, 6.07) is 13.4. The largest absolute Gasteiger partial charge is 0.326 e. The molecule has 3 rings (SSSR count). The van der Waals surface area contributed by atoms with Crippen molar-refractivity contribution in [1.29, 1.82) is 0 Å². The predicted molar refractivity (Wildman–Crippen MR) is 103 cm³/mol. The number of sulfonamides is 1. The molecule has 2 aromatic carbocycles. The van der Waals surface area contributed by atoms with E-state index < -0.39 is 10.0 Å². The number of carbonyl (C=O) groups is 1. The van der Waals surface area contributed by atoms with Gasteiger partial charge in [-0.3, -0.25) is 4.79 Å². The molecule has 1 N–H and O–H groups in total. The highest BCUT2D eigenvalue weighted by Gasteiger charge is 2.36. The van der Waals surface area contributed by atoms with Crippen LogP contribution in [-0.4, -0.2) is 25.2 Å². The lowest BCUT2D eigenvalue weighted by molar-refractivity contribution is -0.115. The number of halogens is 1. The van der Waals surface area contributed by atoms with Gasteiger partial charge in [0.05, 0.1) is 10.9 Å². The molecular formula is C19H21ClN2O3S. The zero-order chi connectivity index (χ0) is 18.7. The summed E-state index contributed by atoms with van der Waals surface area (Å²) in [5, 5.41) is 3.30. The van der Waals surface area contributed by atoms with Gasteiger partial charge in [-0.25, -0.2) is 8.42 Å². The first-order valence-corrected chi connectivity index (χ1v) is 10.4. The fourth-order valence-corrected chi connectivity index (χ4v) is 5.11. The Morgan fingerprint density at radius 1 is 1.19 bits per heavy atom. The van der Waals surface area contributed by atoms with Crippen molar-refractivity contribution >= 4 is 33.2 Å². The normalized spacial score (nSPS) is 18.0. The van der Waals surface area contributed by atoms with Gasteiger partial charge in [0.25, 0.3) is 0 Å². The monoisotopic (exact) mass is 392 g/mol. The number of nitrogens with one attached hydrogen (secondary N) is 1. The molecule has 1 fully saturated rings. The Labute approximate surface area is 159 Å². The molecule has 1 atom stereocenters. The first-order chi connectivity index (χ1) is 12.4. The van der Waals surface area contributed by atoms with E-state index in [9.17, 15) is 13.2 Å². The van der Waals surface area contributed by atoms with E-state index in [2.05, 4.69) is 5.32 Å². The van der Waals surface area contributed by atoms with E-state index in [4.69, 9.17) is 11.6 Å². The van der Waals surface area contributed by atoms with Crippen LogP contribution in [0, 0.1) is 0 Å². The number of benzene rings is 2. The lowest BCUT2D eigenvalue weighted by Crippen LogP contribution is -2.30. The van der Waals surface area contributed by atoms with Crippen molar-refractivity contribution < 1.29 is 13.2 Å². The Morgan fingerprint density at radius 3 is 2.54 bits per heavy atom. The summed E-state index contributed by atoms with van der Waals surface area (Å²) >= 11 is 6.29. The van der Waals surface area contributed by atoms with Gasteiger partial charge in [0.1, 0.15) is 0 Å². The van der Waals surface area contributed by atoms with Gasteiger partial charge >= 0.3 is 0 Å². The van der Waals surface area contributed by atoms with Crippen molar-refractivity contribution in [2.24, 2.45) is 0 Å². The molecule has 26 heavy (non-hydrogen) atoms. The second-order valence-electron chi connectivity index (χ2n) is 6.22. The van der Waals surface area contributed by atoms with Gasteiger partial charge in [0, 0.05) is 23.7 Å².